The van der Waals surface area contributed by atoms with E-state index < -0.39 is 0 Å². The molecule has 4 rings (SSSR count). The summed E-state index contributed by atoms with van der Waals surface area (Å²) in [6.07, 6.45) is 7.69. The van der Waals surface area contributed by atoms with E-state index in [1.165, 1.54) is 5.57 Å². The molecule has 0 radical (unpaired) electrons. The minimum Gasteiger partial charge on any atom is -0.457 e. The van der Waals surface area contributed by atoms with Gasteiger partial charge < -0.3 is 4.42 Å². The van der Waals surface area contributed by atoms with Crippen molar-refractivity contribution in [2.24, 2.45) is 4.99 Å². The molecule has 2 aromatic heterocycles. The monoisotopic (exact) mass is 382 g/mol. The van der Waals surface area contributed by atoms with E-state index in [4.69, 9.17) is 32.6 Å². The van der Waals surface area contributed by atoms with Crippen molar-refractivity contribution >= 4 is 35.0 Å². The zero-order valence-corrected chi connectivity index (χ0v) is 15.5. The summed E-state index contributed by atoms with van der Waals surface area (Å²) in [4.78, 5) is 8.90. The molecule has 0 saturated heterocycles. The Morgan fingerprint density at radius 1 is 1.00 bits per heavy atom. The SMILES string of the molecule is Clc1ccc(-c2ccc(/C=C3/CCCN=C3c3cccnc3)o2)cc1Cl. The first kappa shape index (κ1) is 17.1. The van der Waals surface area contributed by atoms with Crippen LogP contribution in [0, 0.1) is 0 Å². The van der Waals surface area contributed by atoms with Crippen LogP contribution >= 0.6 is 23.2 Å². The topological polar surface area (TPSA) is 38.4 Å². The average molecular weight is 383 g/mol. The number of allylic oxidation sites excluding steroid dienone is 1. The highest BCUT2D eigenvalue weighted by Gasteiger charge is 2.15. The lowest BCUT2D eigenvalue weighted by Crippen LogP contribution is -2.11. The molecule has 0 spiro atoms. The second kappa shape index (κ2) is 7.48. The number of nitrogens with zero attached hydrogens (tertiary/aromatic N) is 2. The van der Waals surface area contributed by atoms with Gasteiger partial charge >= 0.3 is 0 Å². The molecular weight excluding hydrogens is 367 g/mol. The highest BCUT2D eigenvalue weighted by atomic mass is 35.5. The van der Waals surface area contributed by atoms with Crippen molar-refractivity contribution in [3.63, 3.8) is 0 Å². The van der Waals surface area contributed by atoms with Crippen LogP contribution in [0.25, 0.3) is 17.4 Å². The van der Waals surface area contributed by atoms with Gasteiger partial charge in [-0.05, 0) is 67.0 Å². The molecule has 0 fully saturated rings. The first-order valence-electron chi connectivity index (χ1n) is 8.42. The number of hydrogen-bond donors (Lipinski definition) is 0. The van der Waals surface area contributed by atoms with Gasteiger partial charge in [0.2, 0.25) is 0 Å². The van der Waals surface area contributed by atoms with Crippen LogP contribution in [0.5, 0.6) is 0 Å². The molecule has 0 saturated carbocycles. The van der Waals surface area contributed by atoms with E-state index in [1.807, 2.05) is 42.6 Å². The van der Waals surface area contributed by atoms with Gasteiger partial charge in [-0.2, -0.15) is 0 Å². The molecule has 3 aromatic rings. The van der Waals surface area contributed by atoms with E-state index >= 15 is 0 Å². The summed E-state index contributed by atoms with van der Waals surface area (Å²) < 4.78 is 6.00. The first-order chi connectivity index (χ1) is 12.7. The van der Waals surface area contributed by atoms with Gasteiger partial charge in [-0.1, -0.05) is 23.2 Å². The normalized spacial score (nSPS) is 15.9. The minimum atomic E-state index is 0.513. The predicted octanol–water partition coefficient (Wildman–Crippen LogP) is 6.31. The standard InChI is InChI=1S/C21H16Cl2N2O/c22-18-7-5-14(12-19(18)23)20-8-6-17(26-20)11-15-3-2-10-25-21(15)16-4-1-9-24-13-16/h1,4-9,11-13H,2-3,10H2/b15-11-. The molecule has 130 valence electrons. The summed E-state index contributed by atoms with van der Waals surface area (Å²) in [6, 6.07) is 13.3. The van der Waals surface area contributed by atoms with Crippen molar-refractivity contribution in [3.05, 3.63) is 81.8 Å². The van der Waals surface area contributed by atoms with Crippen LogP contribution in [0.1, 0.15) is 24.2 Å². The van der Waals surface area contributed by atoms with Gasteiger partial charge in [0.1, 0.15) is 11.5 Å². The molecule has 26 heavy (non-hydrogen) atoms. The van der Waals surface area contributed by atoms with Crippen LogP contribution in [0.3, 0.4) is 0 Å². The second-order valence-corrected chi connectivity index (χ2v) is 6.89. The lowest BCUT2D eigenvalue weighted by molar-refractivity contribution is 0.571. The second-order valence-electron chi connectivity index (χ2n) is 6.08. The molecule has 0 unspecified atom stereocenters. The highest BCUT2D eigenvalue weighted by Crippen LogP contribution is 2.30. The van der Waals surface area contributed by atoms with Crippen molar-refractivity contribution in [3.8, 4) is 11.3 Å². The smallest absolute Gasteiger partial charge is 0.134 e. The summed E-state index contributed by atoms with van der Waals surface area (Å²) in [7, 11) is 0. The molecule has 0 amide bonds. The van der Waals surface area contributed by atoms with Gasteiger partial charge in [0.25, 0.3) is 0 Å². The van der Waals surface area contributed by atoms with Crippen LogP contribution in [-0.2, 0) is 0 Å². The number of aromatic nitrogens is 1. The third-order valence-electron chi connectivity index (χ3n) is 4.26. The lowest BCUT2D eigenvalue weighted by atomic mass is 9.96. The highest BCUT2D eigenvalue weighted by molar-refractivity contribution is 6.42. The summed E-state index contributed by atoms with van der Waals surface area (Å²) in [5.74, 6) is 1.55. The van der Waals surface area contributed by atoms with E-state index in [2.05, 4.69) is 11.1 Å². The van der Waals surface area contributed by atoms with Crippen LogP contribution < -0.4 is 0 Å². The number of pyridine rings is 1. The molecule has 0 bridgehead atoms. The fraction of sp³-hybridized carbons (Fsp3) is 0.143. The maximum Gasteiger partial charge on any atom is 0.134 e. The van der Waals surface area contributed by atoms with E-state index in [9.17, 15) is 0 Å². The molecule has 1 aliphatic rings. The third kappa shape index (κ3) is 3.59. The van der Waals surface area contributed by atoms with Crippen LogP contribution in [0.4, 0.5) is 0 Å². The van der Waals surface area contributed by atoms with Crippen molar-refractivity contribution in [2.45, 2.75) is 12.8 Å². The van der Waals surface area contributed by atoms with Crippen molar-refractivity contribution in [1.82, 2.24) is 4.98 Å². The van der Waals surface area contributed by atoms with Crippen molar-refractivity contribution in [2.75, 3.05) is 6.54 Å². The Morgan fingerprint density at radius 3 is 2.73 bits per heavy atom. The quantitative estimate of drug-likeness (QED) is 0.531. The molecule has 1 aromatic carbocycles. The van der Waals surface area contributed by atoms with Crippen LogP contribution in [-0.4, -0.2) is 17.2 Å². The lowest BCUT2D eigenvalue weighted by Gasteiger charge is -2.15. The number of benzene rings is 1. The van der Waals surface area contributed by atoms with Gasteiger partial charge in [0, 0.05) is 30.1 Å². The van der Waals surface area contributed by atoms with E-state index in [0.717, 1.165) is 47.7 Å². The zero-order valence-electron chi connectivity index (χ0n) is 14.0. The van der Waals surface area contributed by atoms with E-state index in [-0.39, 0.29) is 0 Å². The Hall–Kier alpha value is -2.36. The molecule has 0 aliphatic carbocycles. The molecule has 3 heterocycles. The Kier molecular flexibility index (Phi) is 4.91. The number of furan rings is 1. The summed E-state index contributed by atoms with van der Waals surface area (Å²) in [6.45, 7) is 0.842. The number of halogens is 2. The Balaban J connectivity index is 1.65. The minimum absolute atomic E-state index is 0.513. The van der Waals surface area contributed by atoms with Gasteiger partial charge in [-0.3, -0.25) is 9.98 Å². The number of rotatable bonds is 3. The van der Waals surface area contributed by atoms with Crippen LogP contribution in [0.15, 0.2) is 69.8 Å². The van der Waals surface area contributed by atoms with Gasteiger partial charge in [0.15, 0.2) is 0 Å². The van der Waals surface area contributed by atoms with Gasteiger partial charge in [0.05, 0.1) is 15.8 Å². The fourth-order valence-electron chi connectivity index (χ4n) is 3.01. The Bertz CT molecular complexity index is 990. The summed E-state index contributed by atoms with van der Waals surface area (Å²) in [5.41, 5.74) is 4.10. The van der Waals surface area contributed by atoms with Gasteiger partial charge in [-0.15, -0.1) is 0 Å². The summed E-state index contributed by atoms with van der Waals surface area (Å²) in [5, 5.41) is 1.04. The molecular formula is C21H16Cl2N2O. The van der Waals surface area contributed by atoms with Crippen LogP contribution in [0.2, 0.25) is 10.0 Å². The Labute approximate surface area is 162 Å². The Morgan fingerprint density at radius 2 is 1.92 bits per heavy atom. The fourth-order valence-corrected chi connectivity index (χ4v) is 3.31. The van der Waals surface area contributed by atoms with Crippen molar-refractivity contribution < 1.29 is 4.42 Å². The average Bonchev–Trinajstić information content (AvgIpc) is 3.14. The van der Waals surface area contributed by atoms with E-state index in [0.29, 0.717) is 10.0 Å². The predicted molar refractivity (Wildman–Crippen MR) is 107 cm³/mol. The van der Waals surface area contributed by atoms with E-state index in [1.54, 1.807) is 12.3 Å². The number of hydrogen-bond acceptors (Lipinski definition) is 3. The first-order valence-corrected chi connectivity index (χ1v) is 9.17. The summed E-state index contributed by atoms with van der Waals surface area (Å²) >= 11 is 12.1. The third-order valence-corrected chi connectivity index (χ3v) is 5.00. The zero-order chi connectivity index (χ0) is 17.9. The number of aliphatic imine (C=N–C) groups is 1. The molecule has 0 N–H and O–H groups in total. The molecule has 0 atom stereocenters. The van der Waals surface area contributed by atoms with Gasteiger partial charge in [-0.25, -0.2) is 0 Å². The van der Waals surface area contributed by atoms with Crippen molar-refractivity contribution in [1.29, 1.82) is 0 Å². The maximum atomic E-state index is 6.11. The molecule has 3 nitrogen and oxygen atoms in total. The largest absolute Gasteiger partial charge is 0.457 e. The molecule has 1 aliphatic heterocycles. The maximum absolute atomic E-state index is 6.11. The molecule has 5 heteroatoms.